The van der Waals surface area contributed by atoms with Crippen LogP contribution >= 0.6 is 0 Å². The molecule has 114 valence electrons. The predicted octanol–water partition coefficient (Wildman–Crippen LogP) is 2.37. The van der Waals surface area contributed by atoms with E-state index in [1.807, 2.05) is 6.07 Å². The lowest BCUT2D eigenvalue weighted by Crippen LogP contribution is -2.50. The number of aryl methyl sites for hydroxylation is 2. The quantitative estimate of drug-likeness (QED) is 0.911. The first kappa shape index (κ1) is 14.6. The summed E-state index contributed by atoms with van der Waals surface area (Å²) in [5.41, 5.74) is 2.36. The Bertz CT molecular complexity index is 649. The van der Waals surface area contributed by atoms with Gasteiger partial charge in [0.25, 0.3) is 0 Å². The monoisotopic (exact) mass is 289 g/mol. The number of aliphatic hydroxyl groups excluding tert-OH is 1. The van der Waals surface area contributed by atoms with Crippen molar-refractivity contribution in [3.8, 4) is 0 Å². The minimum Gasteiger partial charge on any atom is -0.459 e. The van der Waals surface area contributed by atoms with Crippen LogP contribution in [-0.2, 0) is 6.54 Å². The van der Waals surface area contributed by atoms with E-state index in [0.29, 0.717) is 19.5 Å². The van der Waals surface area contributed by atoms with Crippen molar-refractivity contribution in [3.63, 3.8) is 0 Å². The highest BCUT2D eigenvalue weighted by molar-refractivity contribution is 5.82. The number of β-amino-alcohol motifs (C(OH)–C–C–N with tert-alkyl or cyclic N) is 1. The summed E-state index contributed by atoms with van der Waals surface area (Å²) >= 11 is 0. The minimum atomic E-state index is -0.964. The second-order valence-electron chi connectivity index (χ2n) is 6.35. The summed E-state index contributed by atoms with van der Waals surface area (Å²) in [5.74, 6) is 0.956. The van der Waals surface area contributed by atoms with E-state index in [0.717, 1.165) is 24.3 Å². The summed E-state index contributed by atoms with van der Waals surface area (Å²) in [6.07, 6.45) is 1.56. The second-order valence-corrected chi connectivity index (χ2v) is 6.35. The molecule has 2 heterocycles. The molecule has 1 aliphatic heterocycles. The Balaban J connectivity index is 1.83. The van der Waals surface area contributed by atoms with Crippen LogP contribution in [0, 0.1) is 13.8 Å². The van der Waals surface area contributed by atoms with Gasteiger partial charge in [0.15, 0.2) is 0 Å². The Morgan fingerprint density at radius 2 is 2.14 bits per heavy atom. The molecule has 1 unspecified atom stereocenters. The van der Waals surface area contributed by atoms with Crippen LogP contribution in [-0.4, -0.2) is 40.4 Å². The molecule has 3 rings (SSSR count). The molecule has 1 saturated heterocycles. The molecule has 2 N–H and O–H groups in total. The summed E-state index contributed by atoms with van der Waals surface area (Å²) in [5, 5.41) is 20.8. The maximum atomic E-state index is 10.3. The topological polar surface area (TPSA) is 56.8 Å². The molecule has 0 saturated carbocycles. The number of hydrogen-bond acceptors (Lipinski definition) is 4. The molecular formula is C17H23NO3. The second kappa shape index (κ2) is 5.44. The van der Waals surface area contributed by atoms with Gasteiger partial charge in [0.2, 0.25) is 0 Å². The van der Waals surface area contributed by atoms with Gasteiger partial charge in [0.05, 0.1) is 13.2 Å². The van der Waals surface area contributed by atoms with Crippen molar-refractivity contribution < 1.29 is 14.6 Å². The molecule has 0 aliphatic carbocycles. The normalized spacial score (nSPS) is 23.8. The van der Waals surface area contributed by atoms with Crippen LogP contribution in [0.2, 0.25) is 0 Å². The van der Waals surface area contributed by atoms with Gasteiger partial charge in [0.1, 0.15) is 16.9 Å². The average Bonchev–Trinajstić information content (AvgIpc) is 2.76. The van der Waals surface area contributed by atoms with Crippen LogP contribution in [0.1, 0.15) is 29.7 Å². The Hall–Kier alpha value is -1.36. The van der Waals surface area contributed by atoms with Crippen molar-refractivity contribution in [1.82, 2.24) is 4.90 Å². The van der Waals surface area contributed by atoms with E-state index in [-0.39, 0.29) is 6.61 Å². The van der Waals surface area contributed by atoms with E-state index in [1.54, 1.807) is 0 Å². The maximum absolute atomic E-state index is 10.3. The van der Waals surface area contributed by atoms with Crippen LogP contribution in [0.15, 0.2) is 22.6 Å². The third kappa shape index (κ3) is 2.84. The maximum Gasteiger partial charge on any atom is 0.134 e. The number of furan rings is 1. The summed E-state index contributed by atoms with van der Waals surface area (Å²) in [7, 11) is 0. The van der Waals surface area contributed by atoms with E-state index in [4.69, 9.17) is 4.42 Å². The molecule has 2 aromatic rings. The standard InChI is InChI=1S/C17H23NO3/c1-12-4-5-15-14(8-12)13(2)16(21-15)9-18-7-3-6-17(20,10-18)11-19/h4-5,8,19-20H,3,6-7,9-11H2,1-2H3. The average molecular weight is 289 g/mol. The third-order valence-electron chi connectivity index (χ3n) is 4.49. The number of rotatable bonds is 3. The Morgan fingerprint density at radius 1 is 1.33 bits per heavy atom. The van der Waals surface area contributed by atoms with E-state index >= 15 is 0 Å². The smallest absolute Gasteiger partial charge is 0.134 e. The lowest BCUT2D eigenvalue weighted by molar-refractivity contribution is -0.0697. The van der Waals surface area contributed by atoms with Crippen LogP contribution < -0.4 is 0 Å². The molecule has 1 fully saturated rings. The number of benzene rings is 1. The van der Waals surface area contributed by atoms with Crippen molar-refractivity contribution in [1.29, 1.82) is 0 Å². The zero-order valence-corrected chi connectivity index (χ0v) is 12.7. The number of piperidine rings is 1. The fourth-order valence-electron chi connectivity index (χ4n) is 3.21. The van der Waals surface area contributed by atoms with Crippen LogP contribution in [0.5, 0.6) is 0 Å². The zero-order valence-electron chi connectivity index (χ0n) is 12.7. The van der Waals surface area contributed by atoms with Gasteiger partial charge in [-0.15, -0.1) is 0 Å². The minimum absolute atomic E-state index is 0.179. The molecule has 0 bridgehead atoms. The van der Waals surface area contributed by atoms with Crippen molar-refractivity contribution in [2.75, 3.05) is 19.7 Å². The lowest BCUT2D eigenvalue weighted by atomic mass is 9.93. The molecular weight excluding hydrogens is 266 g/mol. The van der Waals surface area contributed by atoms with E-state index in [2.05, 4.69) is 30.9 Å². The molecule has 0 amide bonds. The first-order valence-electron chi connectivity index (χ1n) is 7.55. The summed E-state index contributed by atoms with van der Waals surface area (Å²) in [4.78, 5) is 2.16. The Morgan fingerprint density at radius 3 is 2.90 bits per heavy atom. The van der Waals surface area contributed by atoms with E-state index < -0.39 is 5.60 Å². The van der Waals surface area contributed by atoms with Gasteiger partial charge in [-0.3, -0.25) is 4.90 Å². The summed E-state index contributed by atoms with van der Waals surface area (Å²) in [6, 6.07) is 6.22. The van der Waals surface area contributed by atoms with E-state index in [9.17, 15) is 10.2 Å². The van der Waals surface area contributed by atoms with Crippen LogP contribution in [0.25, 0.3) is 11.0 Å². The predicted molar refractivity (Wildman–Crippen MR) is 82.2 cm³/mol. The van der Waals surface area contributed by atoms with Gasteiger partial charge in [-0.05, 0) is 50.9 Å². The van der Waals surface area contributed by atoms with Gasteiger partial charge in [-0.2, -0.15) is 0 Å². The van der Waals surface area contributed by atoms with Crippen molar-refractivity contribution in [2.45, 2.75) is 38.8 Å². The number of fused-ring (bicyclic) bond motifs is 1. The van der Waals surface area contributed by atoms with Gasteiger partial charge in [-0.1, -0.05) is 11.6 Å². The highest BCUT2D eigenvalue weighted by Gasteiger charge is 2.33. The zero-order chi connectivity index (χ0) is 15.0. The fraction of sp³-hybridized carbons (Fsp3) is 0.529. The fourth-order valence-corrected chi connectivity index (χ4v) is 3.21. The Kier molecular flexibility index (Phi) is 3.78. The van der Waals surface area contributed by atoms with Crippen LogP contribution in [0.4, 0.5) is 0 Å². The van der Waals surface area contributed by atoms with Crippen molar-refractivity contribution >= 4 is 11.0 Å². The summed E-state index contributed by atoms with van der Waals surface area (Å²) < 4.78 is 5.97. The number of hydrogen-bond donors (Lipinski definition) is 2. The SMILES string of the molecule is Cc1ccc2oc(CN3CCCC(O)(CO)C3)c(C)c2c1. The molecule has 1 atom stereocenters. The molecule has 21 heavy (non-hydrogen) atoms. The summed E-state index contributed by atoms with van der Waals surface area (Å²) in [6.45, 7) is 6.10. The van der Waals surface area contributed by atoms with Crippen LogP contribution in [0.3, 0.4) is 0 Å². The van der Waals surface area contributed by atoms with Gasteiger partial charge >= 0.3 is 0 Å². The van der Waals surface area contributed by atoms with E-state index in [1.165, 1.54) is 16.5 Å². The van der Waals surface area contributed by atoms with Crippen molar-refractivity contribution in [2.24, 2.45) is 0 Å². The Labute approximate surface area is 125 Å². The largest absolute Gasteiger partial charge is 0.459 e. The number of aliphatic hydroxyl groups is 2. The lowest BCUT2D eigenvalue weighted by Gasteiger charge is -2.37. The molecule has 0 spiro atoms. The molecule has 1 aliphatic rings. The molecule has 0 radical (unpaired) electrons. The highest BCUT2D eigenvalue weighted by Crippen LogP contribution is 2.29. The first-order chi connectivity index (χ1) is 10.0. The molecule has 1 aromatic heterocycles. The van der Waals surface area contributed by atoms with Gasteiger partial charge < -0.3 is 14.6 Å². The van der Waals surface area contributed by atoms with Gasteiger partial charge in [-0.25, -0.2) is 0 Å². The van der Waals surface area contributed by atoms with Crippen molar-refractivity contribution in [3.05, 3.63) is 35.1 Å². The molecule has 4 heteroatoms. The third-order valence-corrected chi connectivity index (χ3v) is 4.49. The number of likely N-dealkylation sites (tertiary alicyclic amines) is 1. The molecule has 1 aromatic carbocycles. The highest BCUT2D eigenvalue weighted by atomic mass is 16.3. The van der Waals surface area contributed by atoms with Gasteiger partial charge in [0, 0.05) is 11.9 Å². The first-order valence-corrected chi connectivity index (χ1v) is 7.55. The number of nitrogens with zero attached hydrogens (tertiary/aromatic N) is 1. The molecule has 4 nitrogen and oxygen atoms in total.